The Labute approximate surface area is 128 Å². The first kappa shape index (κ1) is 13.3. The molecule has 0 saturated heterocycles. The number of hydrogen-bond acceptors (Lipinski definition) is 3. The van der Waals surface area contributed by atoms with Gasteiger partial charge in [0.1, 0.15) is 5.69 Å². The molecule has 1 N–H and O–H groups in total. The molecule has 0 fully saturated rings. The lowest BCUT2D eigenvalue weighted by Gasteiger charge is -2.07. The van der Waals surface area contributed by atoms with E-state index in [0.717, 1.165) is 25.8 Å². The zero-order valence-electron chi connectivity index (χ0n) is 10.7. The van der Waals surface area contributed by atoms with Gasteiger partial charge in [-0.2, -0.15) is 4.37 Å². The van der Waals surface area contributed by atoms with E-state index in [-0.39, 0.29) is 5.91 Å². The number of hydrogen-bond donors (Lipinski definition) is 1. The minimum Gasteiger partial charge on any atom is -0.320 e. The Bertz CT molecular complexity index is 797. The van der Waals surface area contributed by atoms with Crippen molar-refractivity contribution in [1.82, 2.24) is 4.37 Å². The summed E-state index contributed by atoms with van der Waals surface area (Å²) < 4.78 is 6.13. The average molecular weight is 347 g/mol. The Morgan fingerprint density at radius 1 is 1.25 bits per heavy atom. The maximum atomic E-state index is 12.3. The van der Waals surface area contributed by atoms with Gasteiger partial charge in [0.15, 0.2) is 0 Å². The van der Waals surface area contributed by atoms with Crippen LogP contribution in [0.4, 0.5) is 5.69 Å². The predicted molar refractivity (Wildman–Crippen MR) is 86.5 cm³/mol. The summed E-state index contributed by atoms with van der Waals surface area (Å²) in [6, 6.07) is 13.5. The van der Waals surface area contributed by atoms with Gasteiger partial charge in [0.05, 0.1) is 10.4 Å². The van der Waals surface area contributed by atoms with Gasteiger partial charge in [0, 0.05) is 9.86 Å². The molecule has 0 aliphatic carbocycles. The molecular weight excluding hydrogens is 336 g/mol. The fourth-order valence-electron chi connectivity index (χ4n) is 1.95. The highest BCUT2D eigenvalue weighted by Crippen LogP contribution is 2.26. The molecular formula is C15H11BrN2OS. The summed E-state index contributed by atoms with van der Waals surface area (Å²) in [5.41, 5.74) is 2.35. The van der Waals surface area contributed by atoms with Crippen molar-refractivity contribution in [3.8, 4) is 0 Å². The summed E-state index contributed by atoms with van der Waals surface area (Å²) in [5.74, 6) is -0.188. The highest BCUT2D eigenvalue weighted by atomic mass is 79.9. The van der Waals surface area contributed by atoms with E-state index in [2.05, 4.69) is 25.6 Å². The van der Waals surface area contributed by atoms with Crippen LogP contribution in [0, 0.1) is 6.92 Å². The second-order valence-electron chi connectivity index (χ2n) is 4.46. The number of carbonyl (C=O) groups is 1. The number of nitrogens with zero attached hydrogens (tertiary/aromatic N) is 1. The molecule has 0 radical (unpaired) electrons. The Morgan fingerprint density at radius 3 is 2.85 bits per heavy atom. The number of carbonyl (C=O) groups excluding carboxylic acids is 1. The third-order valence-electron chi connectivity index (χ3n) is 2.97. The van der Waals surface area contributed by atoms with Crippen LogP contribution in [0.1, 0.15) is 16.1 Å². The van der Waals surface area contributed by atoms with Crippen molar-refractivity contribution in [2.45, 2.75) is 6.92 Å². The average Bonchev–Trinajstić information content (AvgIpc) is 2.86. The minimum atomic E-state index is -0.188. The molecule has 0 aliphatic heterocycles. The molecule has 3 aromatic rings. The molecule has 0 atom stereocenters. The monoisotopic (exact) mass is 346 g/mol. The minimum absolute atomic E-state index is 0.188. The molecule has 0 spiro atoms. The Balaban J connectivity index is 1.93. The molecule has 0 unspecified atom stereocenters. The molecule has 3 nitrogen and oxygen atoms in total. The van der Waals surface area contributed by atoms with Crippen LogP contribution in [0.2, 0.25) is 0 Å². The summed E-state index contributed by atoms with van der Waals surface area (Å²) in [4.78, 5) is 12.3. The van der Waals surface area contributed by atoms with E-state index < -0.39 is 0 Å². The Kier molecular flexibility index (Phi) is 3.54. The molecule has 3 rings (SSSR count). The first-order valence-corrected chi connectivity index (χ1v) is 7.64. The van der Waals surface area contributed by atoms with Gasteiger partial charge >= 0.3 is 0 Å². The van der Waals surface area contributed by atoms with Crippen molar-refractivity contribution >= 4 is 49.1 Å². The van der Waals surface area contributed by atoms with Crippen molar-refractivity contribution in [3.05, 3.63) is 58.2 Å². The molecule has 20 heavy (non-hydrogen) atoms. The topological polar surface area (TPSA) is 42.0 Å². The smallest absolute Gasteiger partial charge is 0.276 e. The van der Waals surface area contributed by atoms with E-state index in [1.165, 1.54) is 11.5 Å². The number of benzene rings is 2. The number of anilines is 1. The Hall–Kier alpha value is -1.72. The number of aromatic nitrogens is 1. The molecule has 1 heterocycles. The molecule has 1 aromatic heterocycles. The van der Waals surface area contributed by atoms with Crippen molar-refractivity contribution in [3.63, 3.8) is 0 Å². The largest absolute Gasteiger partial charge is 0.320 e. The summed E-state index contributed by atoms with van der Waals surface area (Å²) in [5, 5.41) is 3.78. The van der Waals surface area contributed by atoms with Crippen molar-refractivity contribution < 1.29 is 4.79 Å². The molecule has 5 heteroatoms. The summed E-state index contributed by atoms with van der Waals surface area (Å²) in [6.07, 6.45) is 0. The van der Waals surface area contributed by atoms with Crippen LogP contribution >= 0.6 is 27.5 Å². The van der Waals surface area contributed by atoms with E-state index in [0.29, 0.717) is 5.69 Å². The fourth-order valence-corrected chi connectivity index (χ4v) is 3.32. The van der Waals surface area contributed by atoms with Crippen LogP contribution in [-0.2, 0) is 0 Å². The van der Waals surface area contributed by atoms with Crippen LogP contribution in [0.5, 0.6) is 0 Å². The van der Waals surface area contributed by atoms with E-state index in [1.807, 2.05) is 49.4 Å². The lowest BCUT2D eigenvalue weighted by Crippen LogP contribution is -2.12. The standard InChI is InChI=1S/C15H11BrN2OS/c1-9-6-7-12(11(16)8-9)17-15(19)14-10-4-2-3-5-13(10)20-18-14/h2-8H,1H3,(H,17,19). The summed E-state index contributed by atoms with van der Waals surface area (Å²) >= 11 is 4.79. The number of rotatable bonds is 2. The molecule has 0 aliphatic rings. The lowest BCUT2D eigenvalue weighted by molar-refractivity contribution is 0.102. The quantitative estimate of drug-likeness (QED) is 0.735. The van der Waals surface area contributed by atoms with Crippen molar-refractivity contribution in [1.29, 1.82) is 0 Å². The second kappa shape index (κ2) is 5.34. The van der Waals surface area contributed by atoms with Crippen molar-refractivity contribution in [2.24, 2.45) is 0 Å². The van der Waals surface area contributed by atoms with Crippen LogP contribution < -0.4 is 5.32 Å². The number of halogens is 1. The van der Waals surface area contributed by atoms with Gasteiger partial charge in [0.25, 0.3) is 5.91 Å². The number of nitrogens with one attached hydrogen (secondary N) is 1. The van der Waals surface area contributed by atoms with E-state index in [1.54, 1.807) is 0 Å². The molecule has 0 bridgehead atoms. The predicted octanol–water partition coefficient (Wildman–Crippen LogP) is 4.62. The van der Waals surface area contributed by atoms with Gasteiger partial charge in [-0.05, 0) is 58.1 Å². The first-order chi connectivity index (χ1) is 9.65. The maximum absolute atomic E-state index is 12.3. The van der Waals surface area contributed by atoms with Crippen molar-refractivity contribution in [2.75, 3.05) is 5.32 Å². The normalized spacial score (nSPS) is 10.7. The zero-order chi connectivity index (χ0) is 14.1. The highest BCUT2D eigenvalue weighted by molar-refractivity contribution is 9.10. The second-order valence-corrected chi connectivity index (χ2v) is 6.12. The zero-order valence-corrected chi connectivity index (χ0v) is 13.1. The van der Waals surface area contributed by atoms with E-state index in [4.69, 9.17) is 0 Å². The third kappa shape index (κ3) is 2.46. The fraction of sp³-hybridized carbons (Fsp3) is 0.0667. The lowest BCUT2D eigenvalue weighted by atomic mass is 10.2. The van der Waals surface area contributed by atoms with Gasteiger partial charge in [-0.1, -0.05) is 24.3 Å². The van der Waals surface area contributed by atoms with Gasteiger partial charge in [-0.15, -0.1) is 0 Å². The third-order valence-corrected chi connectivity index (χ3v) is 4.45. The number of amides is 1. The van der Waals surface area contributed by atoms with Crippen LogP contribution in [-0.4, -0.2) is 10.3 Å². The van der Waals surface area contributed by atoms with Crippen LogP contribution in [0.25, 0.3) is 10.1 Å². The van der Waals surface area contributed by atoms with Gasteiger partial charge in [0.2, 0.25) is 0 Å². The molecule has 1 amide bonds. The molecule has 0 saturated carbocycles. The first-order valence-electron chi connectivity index (χ1n) is 6.07. The highest BCUT2D eigenvalue weighted by Gasteiger charge is 2.15. The molecule has 100 valence electrons. The number of fused-ring (bicyclic) bond motifs is 1. The van der Waals surface area contributed by atoms with Gasteiger partial charge in [-0.3, -0.25) is 4.79 Å². The van der Waals surface area contributed by atoms with Crippen LogP contribution in [0.15, 0.2) is 46.9 Å². The van der Waals surface area contributed by atoms with Crippen LogP contribution in [0.3, 0.4) is 0 Å². The summed E-state index contributed by atoms with van der Waals surface area (Å²) in [6.45, 7) is 2.00. The SMILES string of the molecule is Cc1ccc(NC(=O)c2nsc3ccccc23)c(Br)c1. The molecule has 2 aromatic carbocycles. The van der Waals surface area contributed by atoms with E-state index >= 15 is 0 Å². The van der Waals surface area contributed by atoms with E-state index in [9.17, 15) is 4.79 Å². The number of aryl methyl sites for hydroxylation is 1. The van der Waals surface area contributed by atoms with Gasteiger partial charge < -0.3 is 5.32 Å². The maximum Gasteiger partial charge on any atom is 0.276 e. The Morgan fingerprint density at radius 2 is 2.05 bits per heavy atom. The summed E-state index contributed by atoms with van der Waals surface area (Å²) in [7, 11) is 0. The van der Waals surface area contributed by atoms with Gasteiger partial charge in [-0.25, -0.2) is 0 Å².